The van der Waals surface area contributed by atoms with Crippen molar-refractivity contribution in [2.24, 2.45) is 0 Å². The van der Waals surface area contributed by atoms with E-state index in [0.29, 0.717) is 24.6 Å². The van der Waals surface area contributed by atoms with Gasteiger partial charge in [0.25, 0.3) is 5.91 Å². The van der Waals surface area contributed by atoms with Crippen LogP contribution in [0.2, 0.25) is 0 Å². The number of carbonyl (C=O) groups excluding carboxylic acids is 2. The first kappa shape index (κ1) is 16.6. The summed E-state index contributed by atoms with van der Waals surface area (Å²) in [6.07, 6.45) is 3.26. The Bertz CT molecular complexity index is 886. The predicted molar refractivity (Wildman–Crippen MR) is 101 cm³/mol. The van der Waals surface area contributed by atoms with E-state index in [-0.39, 0.29) is 18.3 Å². The van der Waals surface area contributed by atoms with Gasteiger partial charge in [0.15, 0.2) is 0 Å². The van der Waals surface area contributed by atoms with Gasteiger partial charge in [-0.15, -0.1) is 0 Å². The third-order valence-corrected chi connectivity index (χ3v) is 5.09. The van der Waals surface area contributed by atoms with Crippen LogP contribution in [-0.2, 0) is 9.53 Å². The largest absolute Gasteiger partial charge is 0.466 e. The lowest BCUT2D eigenvalue weighted by atomic mass is 9.83. The van der Waals surface area contributed by atoms with Gasteiger partial charge in [0, 0.05) is 23.7 Å². The zero-order chi connectivity index (χ0) is 18.1. The number of ether oxygens (including phenoxy) is 1. The number of benzene rings is 2. The second-order valence-corrected chi connectivity index (χ2v) is 6.66. The lowest BCUT2D eigenvalue weighted by Crippen LogP contribution is -2.29. The normalized spacial score (nSPS) is 17.5. The molecule has 0 fully saturated rings. The zero-order valence-corrected chi connectivity index (χ0v) is 14.8. The van der Waals surface area contributed by atoms with Crippen LogP contribution in [0.15, 0.2) is 54.6 Å². The average Bonchev–Trinajstić information content (AvgIpc) is 3.05. The van der Waals surface area contributed by atoms with E-state index in [1.54, 1.807) is 0 Å². The molecule has 1 unspecified atom stereocenters. The predicted octanol–water partition coefficient (Wildman–Crippen LogP) is 4.17. The number of hydrogen-bond acceptors (Lipinski definition) is 3. The topological polar surface area (TPSA) is 46.6 Å². The van der Waals surface area contributed by atoms with Crippen LogP contribution in [0, 0.1) is 0 Å². The Morgan fingerprint density at radius 3 is 2.69 bits per heavy atom. The number of anilines is 1. The summed E-state index contributed by atoms with van der Waals surface area (Å²) >= 11 is 0. The molecule has 4 heteroatoms. The molecule has 1 heterocycles. The first-order valence-electron chi connectivity index (χ1n) is 9.04. The van der Waals surface area contributed by atoms with Gasteiger partial charge in [-0.2, -0.15) is 0 Å². The summed E-state index contributed by atoms with van der Waals surface area (Å²) < 4.78 is 5.11. The first-order valence-corrected chi connectivity index (χ1v) is 9.04. The molecule has 0 saturated heterocycles. The molecule has 1 amide bonds. The van der Waals surface area contributed by atoms with Gasteiger partial charge in [-0.05, 0) is 48.2 Å². The summed E-state index contributed by atoms with van der Waals surface area (Å²) in [5.41, 5.74) is 4.94. The van der Waals surface area contributed by atoms with Crippen LogP contribution in [0.1, 0.15) is 47.2 Å². The smallest absolute Gasteiger partial charge is 0.310 e. The number of allylic oxidation sites excluding steroid dienone is 1. The third-order valence-electron chi connectivity index (χ3n) is 5.09. The molecule has 2 aromatic rings. The molecule has 0 bridgehead atoms. The van der Waals surface area contributed by atoms with Crippen molar-refractivity contribution in [2.75, 3.05) is 18.1 Å². The van der Waals surface area contributed by atoms with Crippen LogP contribution in [-0.4, -0.2) is 25.0 Å². The summed E-state index contributed by atoms with van der Waals surface area (Å²) in [6, 6.07) is 15.4. The van der Waals surface area contributed by atoms with E-state index >= 15 is 0 Å². The van der Waals surface area contributed by atoms with Crippen LogP contribution in [0.3, 0.4) is 0 Å². The molecule has 0 N–H and O–H groups in total. The highest BCUT2D eigenvalue weighted by Crippen LogP contribution is 2.46. The Balaban J connectivity index is 1.67. The third kappa shape index (κ3) is 2.81. The van der Waals surface area contributed by atoms with E-state index in [4.69, 9.17) is 4.74 Å². The van der Waals surface area contributed by atoms with Gasteiger partial charge in [-0.3, -0.25) is 9.59 Å². The summed E-state index contributed by atoms with van der Waals surface area (Å²) in [5, 5.41) is 0. The first-order chi connectivity index (χ1) is 12.7. The average molecular weight is 347 g/mol. The molecule has 132 valence electrons. The fourth-order valence-corrected chi connectivity index (χ4v) is 3.96. The highest BCUT2D eigenvalue weighted by molar-refractivity contribution is 6.08. The molecule has 0 saturated carbocycles. The Morgan fingerprint density at radius 2 is 1.92 bits per heavy atom. The van der Waals surface area contributed by atoms with Gasteiger partial charge in [0.2, 0.25) is 0 Å². The molecular formula is C22H21NO3. The molecule has 0 spiro atoms. The second kappa shape index (κ2) is 6.79. The minimum Gasteiger partial charge on any atom is -0.466 e. The van der Waals surface area contributed by atoms with Crippen molar-refractivity contribution in [1.82, 2.24) is 0 Å². The molecule has 26 heavy (non-hydrogen) atoms. The van der Waals surface area contributed by atoms with Gasteiger partial charge in [0.05, 0.1) is 13.0 Å². The molecule has 0 radical (unpaired) electrons. The Morgan fingerprint density at radius 1 is 1.12 bits per heavy atom. The van der Waals surface area contributed by atoms with Crippen molar-refractivity contribution in [1.29, 1.82) is 0 Å². The van der Waals surface area contributed by atoms with Crippen LogP contribution in [0.25, 0.3) is 5.57 Å². The monoisotopic (exact) mass is 347 g/mol. The minimum absolute atomic E-state index is 0.0281. The van der Waals surface area contributed by atoms with Crippen molar-refractivity contribution >= 4 is 23.1 Å². The number of rotatable bonds is 4. The minimum atomic E-state index is -0.204. The molecule has 2 aliphatic rings. The summed E-state index contributed by atoms with van der Waals surface area (Å²) in [5.74, 6) is 0.116. The van der Waals surface area contributed by atoms with Gasteiger partial charge in [0.1, 0.15) is 0 Å². The summed E-state index contributed by atoms with van der Waals surface area (Å²) in [4.78, 5) is 26.8. The van der Waals surface area contributed by atoms with Crippen molar-refractivity contribution in [3.8, 4) is 0 Å². The highest BCUT2D eigenvalue weighted by Gasteiger charge is 2.36. The quantitative estimate of drug-likeness (QED) is 0.780. The van der Waals surface area contributed by atoms with Crippen LogP contribution in [0.4, 0.5) is 5.69 Å². The summed E-state index contributed by atoms with van der Waals surface area (Å²) in [7, 11) is 0. The van der Waals surface area contributed by atoms with E-state index in [1.807, 2.05) is 60.4 Å². The van der Waals surface area contributed by atoms with E-state index in [0.717, 1.165) is 23.2 Å². The molecule has 0 aromatic heterocycles. The molecule has 1 aliphatic heterocycles. The summed E-state index contributed by atoms with van der Waals surface area (Å²) in [6.45, 7) is 2.89. The fourth-order valence-electron chi connectivity index (χ4n) is 3.96. The van der Waals surface area contributed by atoms with Crippen molar-refractivity contribution in [3.05, 3.63) is 71.3 Å². The van der Waals surface area contributed by atoms with E-state index in [2.05, 4.69) is 6.08 Å². The second-order valence-electron chi connectivity index (χ2n) is 6.66. The van der Waals surface area contributed by atoms with Crippen LogP contribution < -0.4 is 4.90 Å². The number of hydrogen-bond donors (Lipinski definition) is 0. The SMILES string of the molecule is CCOC(=O)CC1=CCC2CN(C(=O)c3ccccc3)c3cccc1c32. The molecule has 1 aliphatic carbocycles. The Labute approximate surface area is 153 Å². The lowest BCUT2D eigenvalue weighted by molar-refractivity contribution is -0.141. The Kier molecular flexibility index (Phi) is 4.33. The molecule has 4 nitrogen and oxygen atoms in total. The van der Waals surface area contributed by atoms with E-state index < -0.39 is 0 Å². The van der Waals surface area contributed by atoms with E-state index in [1.165, 1.54) is 5.56 Å². The maximum absolute atomic E-state index is 13.0. The molecule has 2 aromatic carbocycles. The van der Waals surface area contributed by atoms with Gasteiger partial charge in [-0.1, -0.05) is 36.4 Å². The number of esters is 1. The fraction of sp³-hybridized carbons (Fsp3) is 0.273. The van der Waals surface area contributed by atoms with E-state index in [9.17, 15) is 9.59 Å². The molecule has 1 atom stereocenters. The molecule has 4 rings (SSSR count). The number of carbonyl (C=O) groups is 2. The maximum Gasteiger partial charge on any atom is 0.310 e. The highest BCUT2D eigenvalue weighted by atomic mass is 16.5. The Hall–Kier alpha value is -2.88. The van der Waals surface area contributed by atoms with Crippen molar-refractivity contribution in [3.63, 3.8) is 0 Å². The zero-order valence-electron chi connectivity index (χ0n) is 14.8. The standard InChI is InChI=1S/C22H21NO3/c1-2-26-20(24)13-16-11-12-17-14-23(19-10-6-9-18(16)21(17)19)22(25)15-7-4-3-5-8-15/h3-11,17H,2,12-14H2,1H3. The van der Waals surface area contributed by atoms with Crippen LogP contribution >= 0.6 is 0 Å². The van der Waals surface area contributed by atoms with Crippen LogP contribution in [0.5, 0.6) is 0 Å². The van der Waals surface area contributed by atoms with Crippen molar-refractivity contribution < 1.29 is 14.3 Å². The molecular weight excluding hydrogens is 326 g/mol. The van der Waals surface area contributed by atoms with Gasteiger partial charge < -0.3 is 9.64 Å². The maximum atomic E-state index is 13.0. The number of amides is 1. The van der Waals surface area contributed by atoms with Gasteiger partial charge >= 0.3 is 5.97 Å². The number of nitrogens with zero attached hydrogens (tertiary/aromatic N) is 1. The lowest BCUT2D eigenvalue weighted by Gasteiger charge is -2.21. The van der Waals surface area contributed by atoms with Crippen molar-refractivity contribution in [2.45, 2.75) is 25.7 Å². The van der Waals surface area contributed by atoms with Gasteiger partial charge in [-0.25, -0.2) is 0 Å².